The van der Waals surface area contributed by atoms with Gasteiger partial charge in [-0.2, -0.15) is 0 Å². The summed E-state index contributed by atoms with van der Waals surface area (Å²) in [5, 5.41) is 11.7. The van der Waals surface area contributed by atoms with Gasteiger partial charge in [-0.3, -0.25) is 4.79 Å². The Kier molecular flexibility index (Phi) is 6.16. The van der Waals surface area contributed by atoms with Gasteiger partial charge >= 0.3 is 0 Å². The summed E-state index contributed by atoms with van der Waals surface area (Å²) < 4.78 is 0. The maximum Gasteiger partial charge on any atom is 0.239 e. The maximum atomic E-state index is 11.5. The Bertz CT molecular complexity index is 375. The fourth-order valence-corrected chi connectivity index (χ4v) is 1.25. The molecule has 0 radical (unpaired) electrons. The summed E-state index contributed by atoms with van der Waals surface area (Å²) in [4.78, 5) is 11.5. The Morgan fingerprint density at radius 2 is 2.00 bits per heavy atom. The van der Waals surface area contributed by atoms with Gasteiger partial charge in [0, 0.05) is 6.54 Å². The second kappa shape index (κ2) is 6.59. The molecule has 5 heteroatoms. The Hall–Kier alpha value is -1.10. The predicted octanol–water partition coefficient (Wildman–Crippen LogP) is 0.954. The molecule has 1 aromatic rings. The third-order valence-corrected chi connectivity index (χ3v) is 2.21. The molecule has 17 heavy (non-hydrogen) atoms. The average Bonchev–Trinajstić information content (AvgIpc) is 2.25. The zero-order valence-corrected chi connectivity index (χ0v) is 10.9. The van der Waals surface area contributed by atoms with Crippen molar-refractivity contribution in [3.05, 3.63) is 35.4 Å². The van der Waals surface area contributed by atoms with E-state index in [4.69, 9.17) is 10.8 Å². The summed E-state index contributed by atoms with van der Waals surface area (Å²) in [6.45, 7) is 3.75. The molecule has 0 fully saturated rings. The average molecular weight is 259 g/mol. The van der Waals surface area contributed by atoms with Crippen molar-refractivity contribution in [3.8, 4) is 0 Å². The topological polar surface area (TPSA) is 75.4 Å². The molecule has 0 bridgehead atoms. The van der Waals surface area contributed by atoms with Gasteiger partial charge in [0.1, 0.15) is 0 Å². The molecule has 0 unspecified atom stereocenters. The quantitative estimate of drug-likeness (QED) is 0.753. The van der Waals surface area contributed by atoms with Crippen LogP contribution in [0.2, 0.25) is 0 Å². The largest absolute Gasteiger partial charge is 0.392 e. The third-order valence-electron chi connectivity index (χ3n) is 2.21. The molecule has 0 aromatic heterocycles. The lowest BCUT2D eigenvalue weighted by Crippen LogP contribution is -2.48. The highest BCUT2D eigenvalue weighted by Crippen LogP contribution is 2.05. The standard InChI is InChI=1S/C12H18N2O2.ClH/c1-12(2,13)11(16)14-7-9-4-3-5-10(6-9)8-15;/h3-6,15H,7-8,13H2,1-2H3,(H,14,16);1H. The fourth-order valence-electron chi connectivity index (χ4n) is 1.25. The monoisotopic (exact) mass is 258 g/mol. The summed E-state index contributed by atoms with van der Waals surface area (Å²) in [7, 11) is 0. The highest BCUT2D eigenvalue weighted by molar-refractivity contribution is 5.85. The minimum Gasteiger partial charge on any atom is -0.392 e. The summed E-state index contributed by atoms with van der Waals surface area (Å²) >= 11 is 0. The van der Waals surface area contributed by atoms with Crippen LogP contribution < -0.4 is 11.1 Å². The van der Waals surface area contributed by atoms with E-state index in [1.807, 2.05) is 24.3 Å². The van der Waals surface area contributed by atoms with Gasteiger partial charge in [-0.1, -0.05) is 24.3 Å². The van der Waals surface area contributed by atoms with Crippen molar-refractivity contribution in [2.75, 3.05) is 0 Å². The number of nitrogens with one attached hydrogen (secondary N) is 1. The molecule has 0 aliphatic rings. The van der Waals surface area contributed by atoms with E-state index < -0.39 is 5.54 Å². The molecule has 1 amide bonds. The smallest absolute Gasteiger partial charge is 0.239 e. The molecule has 0 spiro atoms. The molecule has 4 nitrogen and oxygen atoms in total. The Labute approximate surface area is 108 Å². The van der Waals surface area contributed by atoms with Gasteiger partial charge in [0.15, 0.2) is 0 Å². The summed E-state index contributed by atoms with van der Waals surface area (Å²) in [5.74, 6) is -0.193. The molecule has 0 saturated carbocycles. The van der Waals surface area contributed by atoms with Crippen LogP contribution in [0.4, 0.5) is 0 Å². The first kappa shape index (κ1) is 15.9. The first-order valence-corrected chi connectivity index (χ1v) is 5.19. The normalized spacial score (nSPS) is 10.6. The molecule has 0 atom stereocenters. The molecule has 0 saturated heterocycles. The van der Waals surface area contributed by atoms with E-state index in [1.54, 1.807) is 13.8 Å². The molecule has 0 heterocycles. The van der Waals surface area contributed by atoms with Crippen LogP contribution in [0.1, 0.15) is 25.0 Å². The SMILES string of the molecule is CC(C)(N)C(=O)NCc1cccc(CO)c1.Cl. The number of hydrogen-bond acceptors (Lipinski definition) is 3. The minimum absolute atomic E-state index is 0. The fraction of sp³-hybridized carbons (Fsp3) is 0.417. The Morgan fingerprint density at radius 3 is 2.53 bits per heavy atom. The number of halogens is 1. The van der Waals surface area contributed by atoms with Crippen LogP contribution in [0.25, 0.3) is 0 Å². The summed E-state index contributed by atoms with van der Waals surface area (Å²) in [6.07, 6.45) is 0. The van der Waals surface area contributed by atoms with Crippen LogP contribution in [0.5, 0.6) is 0 Å². The van der Waals surface area contributed by atoms with Gasteiger partial charge in [0.05, 0.1) is 12.1 Å². The van der Waals surface area contributed by atoms with Crippen molar-refractivity contribution in [2.24, 2.45) is 5.73 Å². The number of rotatable bonds is 4. The van der Waals surface area contributed by atoms with Crippen LogP contribution in [0.15, 0.2) is 24.3 Å². The molecule has 96 valence electrons. The van der Waals surface area contributed by atoms with Crippen molar-refractivity contribution in [1.29, 1.82) is 0 Å². The molecule has 0 aliphatic heterocycles. The molecular weight excluding hydrogens is 240 g/mol. The van der Waals surface area contributed by atoms with Crippen LogP contribution in [0, 0.1) is 0 Å². The van der Waals surface area contributed by atoms with Crippen molar-refractivity contribution in [3.63, 3.8) is 0 Å². The molecular formula is C12H19ClN2O2. The second-order valence-electron chi connectivity index (χ2n) is 4.38. The van der Waals surface area contributed by atoms with E-state index in [0.29, 0.717) is 6.54 Å². The summed E-state index contributed by atoms with van der Waals surface area (Å²) in [6, 6.07) is 7.42. The minimum atomic E-state index is -0.866. The molecule has 1 aromatic carbocycles. The maximum absolute atomic E-state index is 11.5. The first-order chi connectivity index (χ1) is 7.43. The van der Waals surface area contributed by atoms with Gasteiger partial charge < -0.3 is 16.2 Å². The Balaban J connectivity index is 0.00000256. The van der Waals surface area contributed by atoms with E-state index >= 15 is 0 Å². The van der Waals surface area contributed by atoms with Gasteiger partial charge in [-0.15, -0.1) is 12.4 Å². The third kappa shape index (κ3) is 5.17. The molecule has 0 aliphatic carbocycles. The lowest BCUT2D eigenvalue weighted by atomic mass is 10.1. The Morgan fingerprint density at radius 1 is 1.41 bits per heavy atom. The van der Waals surface area contributed by atoms with Crippen LogP contribution >= 0.6 is 12.4 Å². The number of aliphatic hydroxyl groups excluding tert-OH is 1. The zero-order chi connectivity index (χ0) is 12.2. The van der Waals surface area contributed by atoms with E-state index in [1.165, 1.54) is 0 Å². The number of hydrogen-bond donors (Lipinski definition) is 3. The van der Waals surface area contributed by atoms with E-state index in [2.05, 4.69) is 5.32 Å². The second-order valence-corrected chi connectivity index (χ2v) is 4.38. The van der Waals surface area contributed by atoms with Gasteiger partial charge in [-0.25, -0.2) is 0 Å². The highest BCUT2D eigenvalue weighted by atomic mass is 35.5. The predicted molar refractivity (Wildman–Crippen MR) is 69.7 cm³/mol. The van der Waals surface area contributed by atoms with Crippen LogP contribution in [-0.2, 0) is 17.9 Å². The van der Waals surface area contributed by atoms with Gasteiger partial charge in [0.2, 0.25) is 5.91 Å². The van der Waals surface area contributed by atoms with Gasteiger partial charge in [-0.05, 0) is 25.0 Å². The molecule has 4 N–H and O–H groups in total. The number of amides is 1. The lowest BCUT2D eigenvalue weighted by Gasteiger charge is -2.17. The number of aliphatic hydroxyl groups is 1. The number of nitrogens with two attached hydrogens (primary N) is 1. The number of benzene rings is 1. The first-order valence-electron chi connectivity index (χ1n) is 5.19. The lowest BCUT2D eigenvalue weighted by molar-refractivity contribution is -0.125. The van der Waals surface area contributed by atoms with E-state index in [9.17, 15) is 4.79 Å². The highest BCUT2D eigenvalue weighted by Gasteiger charge is 2.20. The van der Waals surface area contributed by atoms with E-state index in [-0.39, 0.29) is 24.9 Å². The van der Waals surface area contributed by atoms with Crippen molar-refractivity contribution < 1.29 is 9.90 Å². The number of carbonyl (C=O) groups is 1. The summed E-state index contributed by atoms with van der Waals surface area (Å²) in [5.41, 5.74) is 6.56. The van der Waals surface area contributed by atoms with Crippen molar-refractivity contribution in [1.82, 2.24) is 5.32 Å². The van der Waals surface area contributed by atoms with Crippen molar-refractivity contribution in [2.45, 2.75) is 32.5 Å². The van der Waals surface area contributed by atoms with Gasteiger partial charge in [0.25, 0.3) is 0 Å². The van der Waals surface area contributed by atoms with Crippen LogP contribution in [-0.4, -0.2) is 16.6 Å². The van der Waals surface area contributed by atoms with Crippen molar-refractivity contribution >= 4 is 18.3 Å². The molecule has 1 rings (SSSR count). The number of carbonyl (C=O) groups excluding carboxylic acids is 1. The zero-order valence-electron chi connectivity index (χ0n) is 10.1. The van der Waals surface area contributed by atoms with Crippen LogP contribution in [0.3, 0.4) is 0 Å². The van der Waals surface area contributed by atoms with E-state index in [0.717, 1.165) is 11.1 Å².